The van der Waals surface area contributed by atoms with E-state index in [-0.39, 0.29) is 23.9 Å². The molecule has 2 amide bonds. The zero-order valence-electron chi connectivity index (χ0n) is 13.7. The van der Waals surface area contributed by atoms with Gasteiger partial charge in [-0.1, -0.05) is 40.0 Å². The summed E-state index contributed by atoms with van der Waals surface area (Å²) in [6.45, 7) is 7.02. The van der Waals surface area contributed by atoms with Crippen molar-refractivity contribution in [3.8, 4) is 0 Å². The number of hydrogen-bond donors (Lipinski definition) is 1. The number of hydrogen-bond acceptors (Lipinski definition) is 2. The lowest BCUT2D eigenvalue weighted by molar-refractivity contribution is -0.151. The Bertz CT molecular complexity index is 375. The smallest absolute Gasteiger partial charge is 0.246 e. The van der Waals surface area contributed by atoms with E-state index in [0.29, 0.717) is 24.8 Å². The Labute approximate surface area is 128 Å². The second kappa shape index (κ2) is 7.28. The van der Waals surface area contributed by atoms with Crippen molar-refractivity contribution in [1.29, 1.82) is 0 Å². The van der Waals surface area contributed by atoms with Crippen LogP contribution in [0.15, 0.2) is 0 Å². The maximum Gasteiger partial charge on any atom is 0.246 e. The molecule has 1 heterocycles. The SMILES string of the molecule is CCC1C(=O)NC(C2CCCCC2)C(=O)N1CCC(C)C. The summed E-state index contributed by atoms with van der Waals surface area (Å²) >= 11 is 0. The second-order valence-corrected chi connectivity index (χ2v) is 7.02. The van der Waals surface area contributed by atoms with Crippen molar-refractivity contribution in [3.63, 3.8) is 0 Å². The molecule has 1 N–H and O–H groups in total. The lowest BCUT2D eigenvalue weighted by Gasteiger charge is -2.42. The Morgan fingerprint density at radius 3 is 2.43 bits per heavy atom. The molecule has 120 valence electrons. The Morgan fingerprint density at radius 2 is 1.86 bits per heavy atom. The largest absolute Gasteiger partial charge is 0.342 e. The minimum Gasteiger partial charge on any atom is -0.342 e. The maximum atomic E-state index is 12.9. The first-order valence-corrected chi connectivity index (χ1v) is 8.65. The topological polar surface area (TPSA) is 49.4 Å². The van der Waals surface area contributed by atoms with Crippen LogP contribution in [-0.4, -0.2) is 35.3 Å². The monoisotopic (exact) mass is 294 g/mol. The van der Waals surface area contributed by atoms with Crippen molar-refractivity contribution in [1.82, 2.24) is 10.2 Å². The number of nitrogens with one attached hydrogen (secondary N) is 1. The van der Waals surface area contributed by atoms with E-state index >= 15 is 0 Å². The molecular weight excluding hydrogens is 264 g/mol. The molecule has 4 heteroatoms. The highest BCUT2D eigenvalue weighted by Crippen LogP contribution is 2.29. The summed E-state index contributed by atoms with van der Waals surface area (Å²) in [5, 5.41) is 3.02. The lowest BCUT2D eigenvalue weighted by Crippen LogP contribution is -2.65. The Hall–Kier alpha value is -1.06. The maximum absolute atomic E-state index is 12.9. The van der Waals surface area contributed by atoms with Gasteiger partial charge in [-0.2, -0.15) is 0 Å². The zero-order valence-corrected chi connectivity index (χ0v) is 13.7. The van der Waals surface area contributed by atoms with Gasteiger partial charge in [0.05, 0.1) is 0 Å². The van der Waals surface area contributed by atoms with E-state index in [2.05, 4.69) is 19.2 Å². The van der Waals surface area contributed by atoms with Crippen LogP contribution in [0, 0.1) is 11.8 Å². The number of amides is 2. The molecule has 1 saturated heterocycles. The second-order valence-electron chi connectivity index (χ2n) is 7.02. The van der Waals surface area contributed by atoms with Crippen molar-refractivity contribution in [2.75, 3.05) is 6.54 Å². The van der Waals surface area contributed by atoms with Crippen LogP contribution in [0.1, 0.15) is 65.7 Å². The fourth-order valence-electron chi connectivity index (χ4n) is 3.64. The van der Waals surface area contributed by atoms with Gasteiger partial charge in [-0.25, -0.2) is 0 Å². The molecule has 0 bridgehead atoms. The standard InChI is InChI=1S/C17H30N2O2/c1-4-14-16(20)18-15(13-8-6-5-7-9-13)17(21)19(14)11-10-12(2)3/h12-15H,4-11H2,1-3H3,(H,18,20). The molecule has 1 aliphatic heterocycles. The first kappa shape index (κ1) is 16.3. The lowest BCUT2D eigenvalue weighted by atomic mass is 9.82. The molecule has 0 aromatic carbocycles. The summed E-state index contributed by atoms with van der Waals surface area (Å²) in [5.41, 5.74) is 0. The molecule has 21 heavy (non-hydrogen) atoms. The third-order valence-electron chi connectivity index (χ3n) is 4.98. The van der Waals surface area contributed by atoms with Gasteiger partial charge >= 0.3 is 0 Å². The van der Waals surface area contributed by atoms with Crippen LogP contribution in [0.25, 0.3) is 0 Å². The summed E-state index contributed by atoms with van der Waals surface area (Å²) in [6.07, 6.45) is 7.46. The number of piperazine rings is 1. The van der Waals surface area contributed by atoms with E-state index in [1.54, 1.807) is 0 Å². The number of rotatable bonds is 5. The first-order chi connectivity index (χ1) is 10.0. The summed E-state index contributed by atoms with van der Waals surface area (Å²) in [5.74, 6) is 1.11. The predicted octanol–water partition coefficient (Wildman–Crippen LogP) is 2.72. The molecule has 2 fully saturated rings. The summed E-state index contributed by atoms with van der Waals surface area (Å²) < 4.78 is 0. The molecule has 1 aliphatic carbocycles. The Kier molecular flexibility index (Phi) is 5.65. The summed E-state index contributed by atoms with van der Waals surface area (Å²) in [7, 11) is 0. The van der Waals surface area contributed by atoms with Gasteiger partial charge in [0, 0.05) is 6.54 Å². The Balaban J connectivity index is 2.10. The average Bonchev–Trinajstić information content (AvgIpc) is 2.48. The molecule has 0 aromatic rings. The van der Waals surface area contributed by atoms with Gasteiger partial charge in [0.25, 0.3) is 0 Å². The van der Waals surface area contributed by atoms with E-state index in [1.807, 2.05) is 11.8 Å². The highest BCUT2D eigenvalue weighted by molar-refractivity contribution is 5.97. The quantitative estimate of drug-likeness (QED) is 0.847. The number of carbonyl (C=O) groups excluding carboxylic acids is 2. The van der Waals surface area contributed by atoms with Crippen molar-refractivity contribution < 1.29 is 9.59 Å². The van der Waals surface area contributed by atoms with E-state index in [4.69, 9.17) is 0 Å². The van der Waals surface area contributed by atoms with Crippen molar-refractivity contribution in [2.24, 2.45) is 11.8 Å². The molecule has 2 atom stereocenters. The van der Waals surface area contributed by atoms with E-state index < -0.39 is 0 Å². The summed E-state index contributed by atoms with van der Waals surface area (Å²) in [6, 6.07) is -0.538. The fraction of sp³-hybridized carbons (Fsp3) is 0.882. The minimum atomic E-state index is -0.271. The van der Waals surface area contributed by atoms with Gasteiger partial charge in [0.15, 0.2) is 0 Å². The van der Waals surface area contributed by atoms with Gasteiger partial charge in [-0.3, -0.25) is 9.59 Å². The number of nitrogens with zero attached hydrogens (tertiary/aromatic N) is 1. The van der Waals surface area contributed by atoms with Gasteiger partial charge in [0.1, 0.15) is 12.1 Å². The average molecular weight is 294 g/mol. The normalized spacial score (nSPS) is 28.1. The van der Waals surface area contributed by atoms with Crippen LogP contribution < -0.4 is 5.32 Å². The molecule has 2 unspecified atom stereocenters. The molecule has 0 spiro atoms. The van der Waals surface area contributed by atoms with E-state index in [1.165, 1.54) is 19.3 Å². The Morgan fingerprint density at radius 1 is 1.19 bits per heavy atom. The highest BCUT2D eigenvalue weighted by atomic mass is 16.2. The van der Waals surface area contributed by atoms with E-state index in [9.17, 15) is 9.59 Å². The van der Waals surface area contributed by atoms with Crippen LogP contribution in [0.5, 0.6) is 0 Å². The minimum absolute atomic E-state index is 0.0522. The molecule has 2 aliphatic rings. The summed E-state index contributed by atoms with van der Waals surface area (Å²) in [4.78, 5) is 27.1. The van der Waals surface area contributed by atoms with Crippen LogP contribution in [0.4, 0.5) is 0 Å². The predicted molar refractivity (Wildman–Crippen MR) is 83.8 cm³/mol. The molecule has 2 rings (SSSR count). The highest BCUT2D eigenvalue weighted by Gasteiger charge is 2.42. The van der Waals surface area contributed by atoms with Gasteiger partial charge in [-0.05, 0) is 37.5 Å². The molecule has 1 saturated carbocycles. The first-order valence-electron chi connectivity index (χ1n) is 8.65. The molecular formula is C17H30N2O2. The number of carbonyl (C=O) groups is 2. The van der Waals surface area contributed by atoms with Crippen molar-refractivity contribution >= 4 is 11.8 Å². The van der Waals surface area contributed by atoms with Gasteiger partial charge < -0.3 is 10.2 Å². The molecule has 4 nitrogen and oxygen atoms in total. The third-order valence-corrected chi connectivity index (χ3v) is 4.98. The van der Waals surface area contributed by atoms with Crippen LogP contribution in [0.2, 0.25) is 0 Å². The zero-order chi connectivity index (χ0) is 15.4. The van der Waals surface area contributed by atoms with Crippen molar-refractivity contribution in [2.45, 2.75) is 77.8 Å². The fourth-order valence-corrected chi connectivity index (χ4v) is 3.64. The van der Waals surface area contributed by atoms with Gasteiger partial charge in [0.2, 0.25) is 11.8 Å². The van der Waals surface area contributed by atoms with Crippen LogP contribution in [-0.2, 0) is 9.59 Å². The third kappa shape index (κ3) is 3.78. The molecule has 0 radical (unpaired) electrons. The molecule has 0 aromatic heterocycles. The van der Waals surface area contributed by atoms with Gasteiger partial charge in [-0.15, -0.1) is 0 Å². The van der Waals surface area contributed by atoms with Crippen molar-refractivity contribution in [3.05, 3.63) is 0 Å². The van der Waals surface area contributed by atoms with E-state index in [0.717, 1.165) is 19.3 Å². The van der Waals surface area contributed by atoms with Crippen LogP contribution >= 0.6 is 0 Å². The van der Waals surface area contributed by atoms with Crippen LogP contribution in [0.3, 0.4) is 0 Å².